The molecule has 2 nitrogen and oxygen atoms in total. The van der Waals surface area contributed by atoms with Crippen LogP contribution < -0.4 is 10.5 Å². The SMILES string of the molecule is CC1CCCC(Oc2c(C(C)N)ccc3ccccc23)C1. The molecular weight excluding hydrogens is 258 g/mol. The zero-order valence-corrected chi connectivity index (χ0v) is 13.0. The predicted octanol–water partition coefficient (Wildman–Crippen LogP) is 4.82. The van der Waals surface area contributed by atoms with Gasteiger partial charge in [-0.25, -0.2) is 0 Å². The maximum atomic E-state index is 6.45. The number of hydrogen-bond donors (Lipinski definition) is 1. The molecule has 21 heavy (non-hydrogen) atoms. The van der Waals surface area contributed by atoms with Crippen molar-refractivity contribution in [2.24, 2.45) is 11.7 Å². The maximum Gasteiger partial charge on any atom is 0.132 e. The summed E-state index contributed by atoms with van der Waals surface area (Å²) in [5.41, 5.74) is 7.28. The molecule has 0 aromatic heterocycles. The lowest BCUT2D eigenvalue weighted by Crippen LogP contribution is -2.25. The van der Waals surface area contributed by atoms with Gasteiger partial charge in [0.2, 0.25) is 0 Å². The second-order valence-electron chi connectivity index (χ2n) is 6.51. The van der Waals surface area contributed by atoms with E-state index in [0.717, 1.165) is 30.1 Å². The Hall–Kier alpha value is -1.54. The van der Waals surface area contributed by atoms with Crippen molar-refractivity contribution in [2.45, 2.75) is 51.7 Å². The minimum absolute atomic E-state index is 0.00869. The fraction of sp³-hybridized carbons (Fsp3) is 0.474. The van der Waals surface area contributed by atoms with E-state index in [0.29, 0.717) is 6.10 Å². The van der Waals surface area contributed by atoms with Crippen LogP contribution in [0.1, 0.15) is 51.1 Å². The van der Waals surface area contributed by atoms with Crippen molar-refractivity contribution in [3.05, 3.63) is 42.0 Å². The van der Waals surface area contributed by atoms with Crippen LogP contribution >= 0.6 is 0 Å². The van der Waals surface area contributed by atoms with Crippen molar-refractivity contribution in [1.29, 1.82) is 0 Å². The van der Waals surface area contributed by atoms with Crippen molar-refractivity contribution in [2.75, 3.05) is 0 Å². The van der Waals surface area contributed by atoms with E-state index in [4.69, 9.17) is 10.5 Å². The average Bonchev–Trinajstić information content (AvgIpc) is 2.47. The quantitative estimate of drug-likeness (QED) is 0.876. The van der Waals surface area contributed by atoms with Crippen LogP contribution in [0.5, 0.6) is 5.75 Å². The molecular formula is C19H25NO. The van der Waals surface area contributed by atoms with Crippen molar-refractivity contribution in [1.82, 2.24) is 0 Å². The van der Waals surface area contributed by atoms with Crippen molar-refractivity contribution in [3.8, 4) is 5.75 Å². The van der Waals surface area contributed by atoms with Gasteiger partial charge in [0.25, 0.3) is 0 Å². The van der Waals surface area contributed by atoms with Gasteiger partial charge in [-0.1, -0.05) is 49.7 Å². The molecule has 0 saturated heterocycles. The van der Waals surface area contributed by atoms with Crippen LogP contribution in [-0.2, 0) is 0 Å². The molecule has 1 saturated carbocycles. The maximum absolute atomic E-state index is 6.45. The highest BCUT2D eigenvalue weighted by molar-refractivity contribution is 5.89. The predicted molar refractivity (Wildman–Crippen MR) is 88.6 cm³/mol. The van der Waals surface area contributed by atoms with Crippen molar-refractivity contribution < 1.29 is 4.74 Å². The number of nitrogens with two attached hydrogens (primary N) is 1. The number of hydrogen-bond acceptors (Lipinski definition) is 2. The largest absolute Gasteiger partial charge is 0.489 e. The first-order chi connectivity index (χ1) is 10.1. The lowest BCUT2D eigenvalue weighted by atomic mass is 9.88. The summed E-state index contributed by atoms with van der Waals surface area (Å²) >= 11 is 0. The molecule has 1 aliphatic carbocycles. The van der Waals surface area contributed by atoms with Gasteiger partial charge in [0.1, 0.15) is 5.75 Å². The Morgan fingerprint density at radius 3 is 2.71 bits per heavy atom. The lowest BCUT2D eigenvalue weighted by molar-refractivity contribution is 0.129. The highest BCUT2D eigenvalue weighted by Crippen LogP contribution is 2.36. The fourth-order valence-corrected chi connectivity index (χ4v) is 3.40. The first-order valence-corrected chi connectivity index (χ1v) is 8.09. The smallest absolute Gasteiger partial charge is 0.132 e. The third-order valence-electron chi connectivity index (χ3n) is 4.57. The number of ether oxygens (including phenoxy) is 1. The molecule has 3 rings (SSSR count). The van der Waals surface area contributed by atoms with Gasteiger partial charge in [-0.05, 0) is 37.5 Å². The monoisotopic (exact) mass is 283 g/mol. The Bertz CT molecular complexity index is 620. The van der Waals surface area contributed by atoms with E-state index in [-0.39, 0.29) is 6.04 Å². The van der Waals surface area contributed by atoms with Gasteiger partial charge in [0.05, 0.1) is 6.10 Å². The zero-order chi connectivity index (χ0) is 14.8. The average molecular weight is 283 g/mol. The van der Waals surface area contributed by atoms with E-state index in [9.17, 15) is 0 Å². The minimum Gasteiger partial charge on any atom is -0.489 e. The highest BCUT2D eigenvalue weighted by atomic mass is 16.5. The van der Waals surface area contributed by atoms with Gasteiger partial charge in [-0.2, -0.15) is 0 Å². The van der Waals surface area contributed by atoms with Crippen LogP contribution in [0.2, 0.25) is 0 Å². The van der Waals surface area contributed by atoms with Crippen LogP contribution in [0.4, 0.5) is 0 Å². The summed E-state index contributed by atoms with van der Waals surface area (Å²) in [5, 5.41) is 2.41. The molecule has 1 aliphatic rings. The summed E-state index contributed by atoms with van der Waals surface area (Å²) in [7, 11) is 0. The Morgan fingerprint density at radius 2 is 1.95 bits per heavy atom. The van der Waals surface area contributed by atoms with Gasteiger partial charge in [0.15, 0.2) is 0 Å². The first kappa shape index (κ1) is 14.4. The standard InChI is InChI=1S/C19H25NO/c1-13-6-5-8-16(12-13)21-19-17(14(2)20)11-10-15-7-3-4-9-18(15)19/h3-4,7,9-11,13-14,16H,5-6,8,12,20H2,1-2H3. The van der Waals surface area contributed by atoms with Crippen LogP contribution in [0.3, 0.4) is 0 Å². The van der Waals surface area contributed by atoms with Crippen molar-refractivity contribution in [3.63, 3.8) is 0 Å². The topological polar surface area (TPSA) is 35.2 Å². The summed E-state index contributed by atoms with van der Waals surface area (Å²) in [6.45, 7) is 4.35. The van der Waals surface area contributed by atoms with E-state index >= 15 is 0 Å². The summed E-state index contributed by atoms with van der Waals surface area (Å²) in [6, 6.07) is 12.7. The molecule has 2 heteroatoms. The Morgan fingerprint density at radius 1 is 1.14 bits per heavy atom. The van der Waals surface area contributed by atoms with E-state index in [2.05, 4.69) is 43.3 Å². The Balaban J connectivity index is 1.99. The van der Waals surface area contributed by atoms with Crippen LogP contribution in [-0.4, -0.2) is 6.10 Å². The van der Waals surface area contributed by atoms with Gasteiger partial charge >= 0.3 is 0 Å². The molecule has 0 amide bonds. The first-order valence-electron chi connectivity index (χ1n) is 8.09. The molecule has 2 N–H and O–H groups in total. The second kappa shape index (κ2) is 6.07. The van der Waals surface area contributed by atoms with Gasteiger partial charge in [0, 0.05) is 17.0 Å². The molecule has 0 radical (unpaired) electrons. The highest BCUT2D eigenvalue weighted by Gasteiger charge is 2.22. The molecule has 0 heterocycles. The summed E-state index contributed by atoms with van der Waals surface area (Å²) in [6.07, 6.45) is 5.24. The molecule has 3 unspecified atom stereocenters. The molecule has 2 aromatic carbocycles. The second-order valence-corrected chi connectivity index (χ2v) is 6.51. The van der Waals surface area contributed by atoms with Crippen LogP contribution in [0.15, 0.2) is 36.4 Å². The number of fused-ring (bicyclic) bond motifs is 1. The summed E-state index contributed by atoms with van der Waals surface area (Å²) in [5.74, 6) is 1.76. The van der Waals surface area contributed by atoms with Crippen LogP contribution in [0.25, 0.3) is 10.8 Å². The molecule has 0 bridgehead atoms. The molecule has 0 spiro atoms. The normalized spacial score (nSPS) is 24.0. The minimum atomic E-state index is -0.00869. The third kappa shape index (κ3) is 3.06. The zero-order valence-electron chi connectivity index (χ0n) is 13.0. The van der Waals surface area contributed by atoms with E-state index < -0.39 is 0 Å². The summed E-state index contributed by atoms with van der Waals surface area (Å²) < 4.78 is 6.45. The fourth-order valence-electron chi connectivity index (χ4n) is 3.40. The Kier molecular flexibility index (Phi) is 4.16. The number of rotatable bonds is 3. The summed E-state index contributed by atoms with van der Waals surface area (Å²) in [4.78, 5) is 0. The lowest BCUT2D eigenvalue weighted by Gasteiger charge is -2.29. The van der Waals surface area contributed by atoms with E-state index in [1.54, 1.807) is 0 Å². The third-order valence-corrected chi connectivity index (χ3v) is 4.57. The molecule has 3 atom stereocenters. The van der Waals surface area contributed by atoms with Crippen LogP contribution in [0, 0.1) is 5.92 Å². The van der Waals surface area contributed by atoms with Crippen molar-refractivity contribution >= 4 is 10.8 Å². The number of benzene rings is 2. The van der Waals surface area contributed by atoms with E-state index in [1.165, 1.54) is 23.6 Å². The van der Waals surface area contributed by atoms with Gasteiger partial charge < -0.3 is 10.5 Å². The Labute approximate surface area is 127 Å². The molecule has 2 aromatic rings. The molecule has 0 aliphatic heterocycles. The van der Waals surface area contributed by atoms with E-state index in [1.807, 2.05) is 6.92 Å². The van der Waals surface area contributed by atoms with Gasteiger partial charge in [-0.3, -0.25) is 0 Å². The van der Waals surface area contributed by atoms with Gasteiger partial charge in [-0.15, -0.1) is 0 Å². The molecule has 112 valence electrons. The molecule has 1 fully saturated rings.